The van der Waals surface area contributed by atoms with Crippen LogP contribution < -0.4 is 10.6 Å². The van der Waals surface area contributed by atoms with E-state index in [1.54, 1.807) is 7.11 Å². The molecule has 118 valence electrons. The van der Waals surface area contributed by atoms with E-state index >= 15 is 0 Å². The van der Waals surface area contributed by atoms with E-state index in [9.17, 15) is 4.79 Å². The lowest BCUT2D eigenvalue weighted by Gasteiger charge is -2.37. The van der Waals surface area contributed by atoms with E-state index in [0.717, 1.165) is 25.9 Å². The van der Waals surface area contributed by atoms with Crippen molar-refractivity contribution in [2.75, 3.05) is 40.0 Å². The summed E-state index contributed by atoms with van der Waals surface area (Å²) in [4.78, 5) is 11.8. The van der Waals surface area contributed by atoms with Gasteiger partial charge in [-0.25, -0.2) is 0 Å². The maximum atomic E-state index is 11.8. The largest absolute Gasteiger partial charge is 0.383 e. The van der Waals surface area contributed by atoms with Crippen LogP contribution >= 0.6 is 0 Å². The molecule has 2 N–H and O–H groups in total. The highest BCUT2D eigenvalue weighted by atomic mass is 16.5. The number of hydrogen-bond donors (Lipinski definition) is 2. The van der Waals surface area contributed by atoms with E-state index in [2.05, 4.69) is 17.6 Å². The third-order valence-electron chi connectivity index (χ3n) is 3.75. The lowest BCUT2D eigenvalue weighted by Crippen LogP contribution is -2.48. The van der Waals surface area contributed by atoms with E-state index in [1.165, 1.54) is 19.3 Å². The van der Waals surface area contributed by atoms with Crippen molar-refractivity contribution in [1.29, 1.82) is 0 Å². The molecule has 0 aliphatic heterocycles. The second-order valence-electron chi connectivity index (χ2n) is 5.54. The number of carbonyl (C=O) groups excluding carboxylic acids is 1. The fraction of sp³-hybridized carbons (Fsp3) is 0.933. The maximum Gasteiger partial charge on any atom is 0.234 e. The Labute approximate surface area is 122 Å². The van der Waals surface area contributed by atoms with Crippen LogP contribution in [0.5, 0.6) is 0 Å². The second-order valence-corrected chi connectivity index (χ2v) is 5.54. The summed E-state index contributed by atoms with van der Waals surface area (Å²) in [5.41, 5.74) is -0.129. The van der Waals surface area contributed by atoms with Crippen LogP contribution in [0.15, 0.2) is 0 Å². The molecule has 1 fully saturated rings. The van der Waals surface area contributed by atoms with Gasteiger partial charge in [-0.3, -0.25) is 4.79 Å². The van der Waals surface area contributed by atoms with E-state index < -0.39 is 0 Å². The van der Waals surface area contributed by atoms with Crippen molar-refractivity contribution in [3.05, 3.63) is 0 Å². The third-order valence-corrected chi connectivity index (χ3v) is 3.75. The van der Waals surface area contributed by atoms with E-state index in [4.69, 9.17) is 9.47 Å². The third kappa shape index (κ3) is 6.68. The zero-order valence-corrected chi connectivity index (χ0v) is 13.0. The average Bonchev–Trinajstić information content (AvgIpc) is 2.49. The Kier molecular flexibility index (Phi) is 8.82. The molecule has 0 aromatic carbocycles. The average molecular weight is 286 g/mol. The summed E-state index contributed by atoms with van der Waals surface area (Å²) in [7, 11) is 1.65. The molecule has 0 heterocycles. The minimum Gasteiger partial charge on any atom is -0.383 e. The smallest absolute Gasteiger partial charge is 0.234 e. The predicted octanol–water partition coefficient (Wildman–Crippen LogP) is 1.47. The standard InChI is InChI=1S/C15H30N2O3/c1-3-10-20-15(7-5-4-6-8-15)13-17-14(18)12-16-9-11-19-2/h16H,3-13H2,1-2H3,(H,17,18). The molecule has 5 nitrogen and oxygen atoms in total. The molecular weight excluding hydrogens is 256 g/mol. The minimum atomic E-state index is -0.129. The van der Waals surface area contributed by atoms with Crippen LogP contribution in [0, 0.1) is 0 Å². The summed E-state index contributed by atoms with van der Waals surface area (Å²) in [5, 5.41) is 6.06. The summed E-state index contributed by atoms with van der Waals surface area (Å²) in [6, 6.07) is 0. The molecule has 0 spiro atoms. The van der Waals surface area contributed by atoms with Gasteiger partial charge < -0.3 is 20.1 Å². The first-order chi connectivity index (χ1) is 9.72. The molecule has 1 rings (SSSR count). The van der Waals surface area contributed by atoms with Gasteiger partial charge in [0.05, 0.1) is 18.8 Å². The zero-order chi connectivity index (χ0) is 14.7. The first kappa shape index (κ1) is 17.4. The van der Waals surface area contributed by atoms with Crippen molar-refractivity contribution in [3.8, 4) is 0 Å². The molecule has 5 heteroatoms. The molecule has 0 radical (unpaired) electrons. The van der Waals surface area contributed by atoms with Crippen molar-refractivity contribution >= 4 is 5.91 Å². The first-order valence-electron chi connectivity index (χ1n) is 7.83. The molecular formula is C15H30N2O3. The lowest BCUT2D eigenvalue weighted by atomic mass is 9.84. The van der Waals surface area contributed by atoms with Crippen LogP contribution in [-0.2, 0) is 14.3 Å². The highest BCUT2D eigenvalue weighted by Gasteiger charge is 2.33. The van der Waals surface area contributed by atoms with E-state index in [-0.39, 0.29) is 11.5 Å². The minimum absolute atomic E-state index is 0.0335. The lowest BCUT2D eigenvalue weighted by molar-refractivity contribution is -0.123. The monoisotopic (exact) mass is 286 g/mol. The Balaban J connectivity index is 2.28. The number of amides is 1. The van der Waals surface area contributed by atoms with Gasteiger partial charge in [0.1, 0.15) is 0 Å². The normalized spacial score (nSPS) is 17.9. The van der Waals surface area contributed by atoms with Crippen LogP contribution in [0.1, 0.15) is 45.4 Å². The van der Waals surface area contributed by atoms with Gasteiger partial charge in [-0.1, -0.05) is 26.2 Å². The number of ether oxygens (including phenoxy) is 2. The Bertz CT molecular complexity index is 266. The van der Waals surface area contributed by atoms with Crippen LogP contribution in [0.4, 0.5) is 0 Å². The number of nitrogens with one attached hydrogen (secondary N) is 2. The summed E-state index contributed by atoms with van der Waals surface area (Å²) in [6.45, 7) is 5.19. The summed E-state index contributed by atoms with van der Waals surface area (Å²) in [5.74, 6) is 0.0335. The fourth-order valence-corrected chi connectivity index (χ4v) is 2.59. The Morgan fingerprint density at radius 1 is 1.20 bits per heavy atom. The summed E-state index contributed by atoms with van der Waals surface area (Å²) in [6.07, 6.45) is 6.82. The molecule has 1 saturated carbocycles. The van der Waals surface area contributed by atoms with Gasteiger partial charge in [-0.05, 0) is 19.3 Å². The summed E-state index contributed by atoms with van der Waals surface area (Å²) >= 11 is 0. The molecule has 0 unspecified atom stereocenters. The number of rotatable bonds is 10. The van der Waals surface area contributed by atoms with E-state index in [1.807, 2.05) is 0 Å². The fourth-order valence-electron chi connectivity index (χ4n) is 2.59. The molecule has 1 aliphatic carbocycles. The van der Waals surface area contributed by atoms with Gasteiger partial charge in [-0.15, -0.1) is 0 Å². The highest BCUT2D eigenvalue weighted by Crippen LogP contribution is 2.31. The van der Waals surface area contributed by atoms with Gasteiger partial charge >= 0.3 is 0 Å². The van der Waals surface area contributed by atoms with Crippen LogP contribution in [-0.4, -0.2) is 51.5 Å². The SMILES string of the molecule is CCCOC1(CNC(=O)CNCCOC)CCCCC1. The molecule has 0 aromatic heterocycles. The molecule has 1 amide bonds. The molecule has 20 heavy (non-hydrogen) atoms. The van der Waals surface area contributed by atoms with Crippen molar-refractivity contribution in [2.24, 2.45) is 0 Å². The van der Waals surface area contributed by atoms with Crippen molar-refractivity contribution in [1.82, 2.24) is 10.6 Å². The van der Waals surface area contributed by atoms with E-state index in [0.29, 0.717) is 26.2 Å². The maximum absolute atomic E-state index is 11.8. The van der Waals surface area contributed by atoms with Gasteiger partial charge in [0.15, 0.2) is 0 Å². The molecule has 0 bridgehead atoms. The number of hydrogen-bond acceptors (Lipinski definition) is 4. The van der Waals surface area contributed by atoms with Gasteiger partial charge in [-0.2, -0.15) is 0 Å². The van der Waals surface area contributed by atoms with Crippen molar-refractivity contribution in [3.63, 3.8) is 0 Å². The molecule has 1 aliphatic rings. The van der Waals surface area contributed by atoms with Crippen molar-refractivity contribution < 1.29 is 14.3 Å². The first-order valence-corrected chi connectivity index (χ1v) is 7.83. The number of carbonyl (C=O) groups is 1. The quantitative estimate of drug-likeness (QED) is 0.597. The Morgan fingerprint density at radius 3 is 2.60 bits per heavy atom. The van der Waals surface area contributed by atoms with Crippen LogP contribution in [0.25, 0.3) is 0 Å². The topological polar surface area (TPSA) is 59.6 Å². The number of methoxy groups -OCH3 is 1. The Hall–Kier alpha value is -0.650. The van der Waals surface area contributed by atoms with Gasteiger partial charge in [0.25, 0.3) is 0 Å². The highest BCUT2D eigenvalue weighted by molar-refractivity contribution is 5.78. The van der Waals surface area contributed by atoms with Gasteiger partial charge in [0, 0.05) is 26.8 Å². The van der Waals surface area contributed by atoms with Crippen LogP contribution in [0.2, 0.25) is 0 Å². The summed E-state index contributed by atoms with van der Waals surface area (Å²) < 4.78 is 11.0. The molecule has 0 atom stereocenters. The van der Waals surface area contributed by atoms with Crippen molar-refractivity contribution in [2.45, 2.75) is 51.0 Å². The van der Waals surface area contributed by atoms with Gasteiger partial charge in [0.2, 0.25) is 5.91 Å². The zero-order valence-electron chi connectivity index (χ0n) is 13.0. The molecule has 0 saturated heterocycles. The molecule has 0 aromatic rings. The second kappa shape index (κ2) is 10.1. The predicted molar refractivity (Wildman–Crippen MR) is 79.8 cm³/mol. The Morgan fingerprint density at radius 2 is 1.95 bits per heavy atom. The van der Waals surface area contributed by atoms with Crippen LogP contribution in [0.3, 0.4) is 0 Å².